The zero-order valence-corrected chi connectivity index (χ0v) is 9.20. The van der Waals surface area contributed by atoms with Crippen molar-refractivity contribution >= 4 is 11.8 Å². The summed E-state index contributed by atoms with van der Waals surface area (Å²) in [6.45, 7) is 1.79. The van der Waals surface area contributed by atoms with Gasteiger partial charge < -0.3 is 4.42 Å². The molecule has 78 valence electrons. The number of nitrogens with zero attached hydrogens (tertiary/aromatic N) is 3. The Balaban J connectivity index is 1.80. The molecule has 0 spiro atoms. The highest BCUT2D eigenvalue weighted by Gasteiger charge is 2.02. The third-order valence-electron chi connectivity index (χ3n) is 1.77. The van der Waals surface area contributed by atoms with Gasteiger partial charge in [0.1, 0.15) is 0 Å². The molecule has 0 N–H and O–H groups in total. The maximum absolute atomic E-state index is 5.27. The average Bonchev–Trinajstić information content (AvgIpc) is 2.66. The lowest BCUT2D eigenvalue weighted by atomic mass is 10.5. The molecule has 0 unspecified atom stereocenters. The van der Waals surface area contributed by atoms with E-state index in [1.807, 2.05) is 18.2 Å². The zero-order valence-electron chi connectivity index (χ0n) is 8.38. The summed E-state index contributed by atoms with van der Waals surface area (Å²) in [6, 6.07) is 5.88. The van der Waals surface area contributed by atoms with Crippen molar-refractivity contribution in [3.05, 3.63) is 36.2 Å². The lowest BCUT2D eigenvalue weighted by Gasteiger charge is -1.96. The molecule has 15 heavy (non-hydrogen) atoms. The number of hydrogen-bond acceptors (Lipinski definition) is 5. The number of pyridine rings is 1. The van der Waals surface area contributed by atoms with Crippen molar-refractivity contribution in [2.45, 2.75) is 18.4 Å². The fourth-order valence-corrected chi connectivity index (χ4v) is 1.91. The van der Waals surface area contributed by atoms with Crippen molar-refractivity contribution < 1.29 is 4.42 Å². The SMILES string of the molecule is Cc1nnc(CCSc2ccccn2)o1. The highest BCUT2D eigenvalue weighted by molar-refractivity contribution is 7.99. The first kappa shape index (κ1) is 10.2. The van der Waals surface area contributed by atoms with Crippen LogP contribution in [0.4, 0.5) is 0 Å². The van der Waals surface area contributed by atoms with Gasteiger partial charge in [-0.3, -0.25) is 0 Å². The maximum Gasteiger partial charge on any atom is 0.217 e. The molecule has 0 aliphatic rings. The number of hydrogen-bond donors (Lipinski definition) is 0. The van der Waals surface area contributed by atoms with E-state index in [1.165, 1.54) is 0 Å². The Hall–Kier alpha value is -1.36. The molecule has 2 aromatic rings. The van der Waals surface area contributed by atoms with E-state index in [0.29, 0.717) is 11.8 Å². The molecule has 0 bridgehead atoms. The van der Waals surface area contributed by atoms with Gasteiger partial charge in [0.25, 0.3) is 0 Å². The number of rotatable bonds is 4. The van der Waals surface area contributed by atoms with Crippen molar-refractivity contribution in [1.29, 1.82) is 0 Å². The summed E-state index contributed by atoms with van der Waals surface area (Å²) in [7, 11) is 0. The van der Waals surface area contributed by atoms with Crippen LogP contribution in [0.5, 0.6) is 0 Å². The Labute approximate surface area is 92.1 Å². The Kier molecular flexibility index (Phi) is 3.34. The van der Waals surface area contributed by atoms with Gasteiger partial charge in [0, 0.05) is 25.3 Å². The van der Waals surface area contributed by atoms with Crippen molar-refractivity contribution in [2.75, 3.05) is 5.75 Å². The first-order valence-corrected chi connectivity index (χ1v) is 5.66. The van der Waals surface area contributed by atoms with E-state index in [9.17, 15) is 0 Å². The third kappa shape index (κ3) is 3.06. The second kappa shape index (κ2) is 4.93. The third-order valence-corrected chi connectivity index (χ3v) is 2.72. The fraction of sp³-hybridized carbons (Fsp3) is 0.300. The maximum atomic E-state index is 5.27. The molecule has 0 saturated carbocycles. The number of aromatic nitrogens is 3. The first-order chi connectivity index (χ1) is 7.34. The molecule has 0 fully saturated rings. The van der Waals surface area contributed by atoms with E-state index in [-0.39, 0.29) is 0 Å². The molecular formula is C10H11N3OS. The zero-order chi connectivity index (χ0) is 10.5. The van der Waals surface area contributed by atoms with Crippen molar-refractivity contribution in [3.8, 4) is 0 Å². The van der Waals surface area contributed by atoms with Gasteiger partial charge in [0.15, 0.2) is 0 Å². The highest BCUT2D eigenvalue weighted by Crippen LogP contribution is 2.15. The van der Waals surface area contributed by atoms with E-state index >= 15 is 0 Å². The van der Waals surface area contributed by atoms with Crippen LogP contribution < -0.4 is 0 Å². The predicted molar refractivity (Wildman–Crippen MR) is 57.7 cm³/mol. The molecule has 0 aromatic carbocycles. The predicted octanol–water partition coefficient (Wildman–Crippen LogP) is 2.11. The van der Waals surface area contributed by atoms with Crippen LogP contribution in [0, 0.1) is 6.92 Å². The molecule has 0 radical (unpaired) electrons. The van der Waals surface area contributed by atoms with Crippen LogP contribution in [0.3, 0.4) is 0 Å². The van der Waals surface area contributed by atoms with Gasteiger partial charge in [-0.15, -0.1) is 22.0 Å². The fourth-order valence-electron chi connectivity index (χ4n) is 1.11. The quantitative estimate of drug-likeness (QED) is 0.740. The van der Waals surface area contributed by atoms with E-state index in [0.717, 1.165) is 17.2 Å². The number of thioether (sulfide) groups is 1. The second-order valence-electron chi connectivity index (χ2n) is 2.98. The van der Waals surface area contributed by atoms with E-state index < -0.39 is 0 Å². The van der Waals surface area contributed by atoms with Crippen molar-refractivity contribution in [3.63, 3.8) is 0 Å². The van der Waals surface area contributed by atoms with Crippen molar-refractivity contribution in [2.24, 2.45) is 0 Å². The lowest BCUT2D eigenvalue weighted by molar-refractivity contribution is 0.474. The Bertz CT molecular complexity index is 416. The number of aryl methyl sites for hydroxylation is 2. The van der Waals surface area contributed by atoms with E-state index in [4.69, 9.17) is 4.42 Å². The molecule has 0 saturated heterocycles. The van der Waals surface area contributed by atoms with Gasteiger partial charge in [-0.1, -0.05) is 6.07 Å². The van der Waals surface area contributed by atoms with Gasteiger partial charge in [0.2, 0.25) is 11.8 Å². The van der Waals surface area contributed by atoms with Crippen LogP contribution in [-0.2, 0) is 6.42 Å². The van der Waals surface area contributed by atoms with Crippen LogP contribution in [0.15, 0.2) is 33.8 Å². The molecule has 2 heterocycles. The smallest absolute Gasteiger partial charge is 0.217 e. The molecule has 0 aliphatic heterocycles. The minimum Gasteiger partial charge on any atom is -0.426 e. The van der Waals surface area contributed by atoms with Gasteiger partial charge in [-0.25, -0.2) is 4.98 Å². The minimum absolute atomic E-state index is 0.618. The Morgan fingerprint density at radius 1 is 1.33 bits per heavy atom. The summed E-state index contributed by atoms with van der Waals surface area (Å²) in [5.74, 6) is 2.21. The van der Waals surface area contributed by atoms with Gasteiger partial charge in [0.05, 0.1) is 5.03 Å². The molecule has 4 nitrogen and oxygen atoms in total. The molecule has 2 rings (SSSR count). The monoisotopic (exact) mass is 221 g/mol. The van der Waals surface area contributed by atoms with Crippen LogP contribution in [0.2, 0.25) is 0 Å². The van der Waals surface area contributed by atoms with E-state index in [2.05, 4.69) is 15.2 Å². The summed E-state index contributed by atoms with van der Waals surface area (Å²) in [4.78, 5) is 4.21. The van der Waals surface area contributed by atoms with E-state index in [1.54, 1.807) is 24.9 Å². The van der Waals surface area contributed by atoms with Crippen LogP contribution in [0.1, 0.15) is 11.8 Å². The van der Waals surface area contributed by atoms with Crippen molar-refractivity contribution in [1.82, 2.24) is 15.2 Å². The first-order valence-electron chi connectivity index (χ1n) is 4.67. The lowest BCUT2D eigenvalue weighted by Crippen LogP contribution is -1.89. The summed E-state index contributed by atoms with van der Waals surface area (Å²) in [5.41, 5.74) is 0. The minimum atomic E-state index is 0.618. The van der Waals surface area contributed by atoms with Gasteiger partial charge in [-0.2, -0.15) is 0 Å². The van der Waals surface area contributed by atoms with Gasteiger partial charge in [-0.05, 0) is 12.1 Å². The average molecular weight is 221 g/mol. The van der Waals surface area contributed by atoms with Crippen LogP contribution in [0.25, 0.3) is 0 Å². The topological polar surface area (TPSA) is 51.8 Å². The largest absolute Gasteiger partial charge is 0.426 e. The van der Waals surface area contributed by atoms with Gasteiger partial charge >= 0.3 is 0 Å². The standard InChI is InChI=1S/C10H11N3OS/c1-8-12-13-9(14-8)5-7-15-10-4-2-3-6-11-10/h2-4,6H,5,7H2,1H3. The second-order valence-corrected chi connectivity index (χ2v) is 4.10. The molecule has 5 heteroatoms. The normalized spacial score (nSPS) is 10.5. The van der Waals surface area contributed by atoms with Crippen LogP contribution in [-0.4, -0.2) is 20.9 Å². The molecule has 0 atom stereocenters. The highest BCUT2D eigenvalue weighted by atomic mass is 32.2. The summed E-state index contributed by atoms with van der Waals surface area (Å²) < 4.78 is 5.27. The summed E-state index contributed by atoms with van der Waals surface area (Å²) >= 11 is 1.69. The summed E-state index contributed by atoms with van der Waals surface area (Å²) in [6.07, 6.45) is 2.57. The molecule has 0 amide bonds. The Morgan fingerprint density at radius 3 is 2.93 bits per heavy atom. The molecule has 2 aromatic heterocycles. The molecular weight excluding hydrogens is 210 g/mol. The Morgan fingerprint density at radius 2 is 2.27 bits per heavy atom. The van der Waals surface area contributed by atoms with Crippen LogP contribution >= 0.6 is 11.8 Å². The summed E-state index contributed by atoms with van der Waals surface area (Å²) in [5, 5.41) is 8.72. The molecule has 0 aliphatic carbocycles.